The predicted molar refractivity (Wildman–Crippen MR) is 128 cm³/mol. The minimum Gasteiger partial charge on any atom is -0.402 e. The lowest BCUT2D eigenvalue weighted by atomic mass is 10.0. The van der Waals surface area contributed by atoms with E-state index in [2.05, 4.69) is 13.0 Å². The summed E-state index contributed by atoms with van der Waals surface area (Å²) < 4.78 is 0. The van der Waals surface area contributed by atoms with Crippen LogP contribution in [0.5, 0.6) is 0 Å². The molecule has 0 aliphatic carbocycles. The van der Waals surface area contributed by atoms with E-state index >= 15 is 0 Å². The Bertz CT molecular complexity index is 497. The van der Waals surface area contributed by atoms with Crippen LogP contribution in [0.25, 0.3) is 0 Å². The van der Waals surface area contributed by atoms with Crippen LogP contribution in [0.15, 0.2) is 42.1 Å². The quantitative estimate of drug-likeness (QED) is 0.229. The van der Waals surface area contributed by atoms with Gasteiger partial charge in [-0.05, 0) is 31.2 Å². The van der Waals surface area contributed by atoms with Gasteiger partial charge < -0.3 is 10.8 Å². The minimum absolute atomic E-state index is 0.413. The third kappa shape index (κ3) is 15.3. The highest BCUT2D eigenvalue weighted by Gasteiger charge is 2.06. The van der Waals surface area contributed by atoms with Crippen molar-refractivity contribution in [3.63, 3.8) is 0 Å². The van der Waals surface area contributed by atoms with Crippen molar-refractivity contribution in [1.82, 2.24) is 0 Å². The van der Waals surface area contributed by atoms with Gasteiger partial charge in [0.15, 0.2) is 0 Å². The van der Waals surface area contributed by atoms with E-state index in [1.807, 2.05) is 30.3 Å². The molecule has 0 aromatic heterocycles. The van der Waals surface area contributed by atoms with Crippen LogP contribution in [0.3, 0.4) is 0 Å². The number of hydrogen-bond acceptors (Lipinski definition) is 2. The van der Waals surface area contributed by atoms with E-state index in [1.54, 1.807) is 0 Å². The maximum atomic E-state index is 10.2. The molecule has 1 aromatic carbocycles. The standard InChI is InChI=1S/C27H47NO/c1-2-3-4-5-6-7-8-9-10-11-12-13-14-15-19-22-26(28)23-24-27(29)25-20-17-16-18-21-25/h16-18,20-22,27,29H,2-15,19,23-24,28H2,1H3/b26-22+. The number of aliphatic hydroxyl groups excluding tert-OH is 1. The highest BCUT2D eigenvalue weighted by molar-refractivity contribution is 5.17. The van der Waals surface area contributed by atoms with Gasteiger partial charge in [-0.25, -0.2) is 0 Å². The van der Waals surface area contributed by atoms with Crippen molar-refractivity contribution in [2.75, 3.05) is 0 Å². The lowest BCUT2D eigenvalue weighted by molar-refractivity contribution is 0.167. The predicted octanol–water partition coefficient (Wildman–Crippen LogP) is 8.21. The molecule has 0 saturated heterocycles. The first-order valence-corrected chi connectivity index (χ1v) is 12.4. The van der Waals surface area contributed by atoms with E-state index in [-0.39, 0.29) is 0 Å². The van der Waals surface area contributed by atoms with Crippen LogP contribution in [0.1, 0.15) is 128 Å². The van der Waals surface area contributed by atoms with E-state index in [0.717, 1.165) is 24.1 Å². The number of hydrogen-bond donors (Lipinski definition) is 2. The first kappa shape index (κ1) is 25.8. The van der Waals surface area contributed by atoms with Crippen molar-refractivity contribution in [3.05, 3.63) is 47.7 Å². The molecule has 1 atom stereocenters. The molecule has 0 spiro atoms. The summed E-state index contributed by atoms with van der Waals surface area (Å²) in [4.78, 5) is 0. The number of unbranched alkanes of at least 4 members (excludes halogenated alkanes) is 14. The Morgan fingerprint density at radius 1 is 0.793 bits per heavy atom. The van der Waals surface area contributed by atoms with Crippen LogP contribution >= 0.6 is 0 Å². The molecule has 1 aromatic rings. The molecule has 166 valence electrons. The summed E-state index contributed by atoms with van der Waals surface area (Å²) in [7, 11) is 0. The highest BCUT2D eigenvalue weighted by Crippen LogP contribution is 2.19. The van der Waals surface area contributed by atoms with Gasteiger partial charge in [0.2, 0.25) is 0 Å². The van der Waals surface area contributed by atoms with Crippen LogP contribution in [0, 0.1) is 0 Å². The second-order valence-electron chi connectivity index (χ2n) is 8.63. The van der Waals surface area contributed by atoms with Crippen molar-refractivity contribution in [3.8, 4) is 0 Å². The Labute approximate surface area is 181 Å². The van der Waals surface area contributed by atoms with Crippen LogP contribution in [-0.2, 0) is 0 Å². The zero-order valence-electron chi connectivity index (χ0n) is 19.1. The number of rotatable bonds is 19. The largest absolute Gasteiger partial charge is 0.402 e. The fourth-order valence-corrected chi connectivity index (χ4v) is 3.87. The third-order valence-electron chi connectivity index (χ3n) is 5.85. The second kappa shape index (κ2) is 18.7. The first-order chi connectivity index (χ1) is 14.2. The number of allylic oxidation sites excluding steroid dienone is 2. The SMILES string of the molecule is CCCCCCCCCCCCCCCC/C=C(/N)CCC(O)c1ccccc1. The monoisotopic (exact) mass is 401 g/mol. The summed E-state index contributed by atoms with van der Waals surface area (Å²) in [6.45, 7) is 2.28. The Kier molecular flexibility index (Phi) is 16.6. The van der Waals surface area contributed by atoms with Crippen molar-refractivity contribution in [2.24, 2.45) is 5.73 Å². The Morgan fingerprint density at radius 3 is 1.79 bits per heavy atom. The van der Waals surface area contributed by atoms with E-state index in [4.69, 9.17) is 5.73 Å². The molecule has 2 nitrogen and oxygen atoms in total. The second-order valence-corrected chi connectivity index (χ2v) is 8.63. The molecule has 0 aliphatic heterocycles. The maximum Gasteiger partial charge on any atom is 0.0793 e. The maximum absolute atomic E-state index is 10.2. The van der Waals surface area contributed by atoms with Gasteiger partial charge >= 0.3 is 0 Å². The van der Waals surface area contributed by atoms with Gasteiger partial charge in [0.25, 0.3) is 0 Å². The van der Waals surface area contributed by atoms with Gasteiger partial charge in [-0.3, -0.25) is 0 Å². The molecule has 0 heterocycles. The fraction of sp³-hybridized carbons (Fsp3) is 0.704. The highest BCUT2D eigenvalue weighted by atomic mass is 16.3. The lowest BCUT2D eigenvalue weighted by Gasteiger charge is -2.10. The van der Waals surface area contributed by atoms with E-state index in [0.29, 0.717) is 6.42 Å². The summed E-state index contributed by atoms with van der Waals surface area (Å²) in [5, 5.41) is 10.2. The third-order valence-corrected chi connectivity index (χ3v) is 5.85. The molecule has 1 unspecified atom stereocenters. The lowest BCUT2D eigenvalue weighted by Crippen LogP contribution is -2.02. The number of aliphatic hydroxyl groups is 1. The molecular formula is C27H47NO. The Morgan fingerprint density at radius 2 is 1.28 bits per heavy atom. The van der Waals surface area contributed by atoms with Crippen molar-refractivity contribution in [2.45, 2.75) is 122 Å². The Balaban J connectivity index is 1.87. The summed E-state index contributed by atoms with van der Waals surface area (Å²) in [5.41, 5.74) is 8.01. The van der Waals surface area contributed by atoms with Gasteiger partial charge in [-0.2, -0.15) is 0 Å². The molecule has 0 radical (unpaired) electrons. The smallest absolute Gasteiger partial charge is 0.0793 e. The topological polar surface area (TPSA) is 46.2 Å². The number of nitrogens with two attached hydrogens (primary N) is 1. The molecule has 0 fully saturated rings. The zero-order chi connectivity index (χ0) is 21.0. The molecule has 0 aliphatic rings. The fourth-order valence-electron chi connectivity index (χ4n) is 3.87. The van der Waals surface area contributed by atoms with Gasteiger partial charge in [0.1, 0.15) is 0 Å². The summed E-state index contributed by atoms with van der Waals surface area (Å²) in [6.07, 6.45) is 23.8. The van der Waals surface area contributed by atoms with Crippen LogP contribution in [-0.4, -0.2) is 5.11 Å². The Hall–Kier alpha value is -1.28. The average Bonchev–Trinajstić information content (AvgIpc) is 2.75. The average molecular weight is 402 g/mol. The normalized spacial score (nSPS) is 13.0. The van der Waals surface area contributed by atoms with Crippen molar-refractivity contribution < 1.29 is 5.11 Å². The molecule has 2 heteroatoms. The van der Waals surface area contributed by atoms with Crippen LogP contribution in [0.2, 0.25) is 0 Å². The summed E-state index contributed by atoms with van der Waals surface area (Å²) >= 11 is 0. The van der Waals surface area contributed by atoms with Crippen molar-refractivity contribution >= 4 is 0 Å². The molecule has 0 amide bonds. The zero-order valence-corrected chi connectivity index (χ0v) is 19.1. The van der Waals surface area contributed by atoms with E-state index in [9.17, 15) is 5.11 Å². The molecule has 1 rings (SSSR count). The van der Waals surface area contributed by atoms with Crippen LogP contribution < -0.4 is 5.73 Å². The van der Waals surface area contributed by atoms with E-state index < -0.39 is 6.10 Å². The van der Waals surface area contributed by atoms with Gasteiger partial charge in [-0.15, -0.1) is 0 Å². The number of benzene rings is 1. The molecule has 29 heavy (non-hydrogen) atoms. The molecule has 0 bridgehead atoms. The van der Waals surface area contributed by atoms with E-state index in [1.165, 1.54) is 89.9 Å². The minimum atomic E-state index is -0.413. The van der Waals surface area contributed by atoms with Gasteiger partial charge in [0, 0.05) is 5.70 Å². The molecular weight excluding hydrogens is 354 g/mol. The molecule has 3 N–H and O–H groups in total. The first-order valence-electron chi connectivity index (χ1n) is 12.4. The summed E-state index contributed by atoms with van der Waals surface area (Å²) in [5.74, 6) is 0. The summed E-state index contributed by atoms with van der Waals surface area (Å²) in [6, 6.07) is 9.85. The molecule has 0 saturated carbocycles. The van der Waals surface area contributed by atoms with Crippen molar-refractivity contribution in [1.29, 1.82) is 0 Å². The van der Waals surface area contributed by atoms with Gasteiger partial charge in [-0.1, -0.05) is 127 Å². The van der Waals surface area contributed by atoms with Gasteiger partial charge in [0.05, 0.1) is 6.10 Å². The van der Waals surface area contributed by atoms with Crippen LogP contribution in [0.4, 0.5) is 0 Å².